The van der Waals surface area contributed by atoms with Gasteiger partial charge in [0.15, 0.2) is 6.61 Å². The van der Waals surface area contributed by atoms with E-state index in [1.807, 2.05) is 6.07 Å². The van der Waals surface area contributed by atoms with Crippen LogP contribution in [0.1, 0.15) is 11.1 Å². The average molecular weight is 307 g/mol. The lowest BCUT2D eigenvalue weighted by Crippen LogP contribution is -2.19. The van der Waals surface area contributed by atoms with E-state index in [4.69, 9.17) is 5.26 Å². The smallest absolute Gasteiger partial charge is 0.422 e. The molecule has 0 fully saturated rings. The van der Waals surface area contributed by atoms with Gasteiger partial charge in [-0.1, -0.05) is 12.1 Å². The summed E-state index contributed by atoms with van der Waals surface area (Å²) in [6.45, 7) is -0.921. The average Bonchev–Trinajstić information content (AvgIpc) is 2.51. The summed E-state index contributed by atoms with van der Waals surface area (Å²) in [5.41, 5.74) is 1.25. The highest BCUT2D eigenvalue weighted by atomic mass is 19.4. The Bertz CT molecular complexity index is 663. The summed E-state index contributed by atoms with van der Waals surface area (Å²) < 4.78 is 40.7. The summed E-state index contributed by atoms with van der Waals surface area (Å²) in [6.07, 6.45) is -2.79. The van der Waals surface area contributed by atoms with E-state index in [1.165, 1.54) is 12.1 Å². The molecule has 1 heterocycles. The molecule has 0 aliphatic carbocycles. The SMILES string of the molecule is N#Cc1cccnc1NCc1ccc(OCC(F)(F)F)cc1. The summed E-state index contributed by atoms with van der Waals surface area (Å²) in [4.78, 5) is 4.06. The van der Waals surface area contributed by atoms with Crippen LogP contribution in [0.4, 0.5) is 19.0 Å². The normalized spacial score (nSPS) is 10.8. The van der Waals surface area contributed by atoms with Crippen molar-refractivity contribution in [3.63, 3.8) is 0 Å². The topological polar surface area (TPSA) is 57.9 Å². The third-order valence-electron chi connectivity index (χ3n) is 2.71. The largest absolute Gasteiger partial charge is 0.484 e. The predicted octanol–water partition coefficient (Wildman–Crippen LogP) is 3.51. The number of hydrogen-bond donors (Lipinski definition) is 1. The minimum Gasteiger partial charge on any atom is -0.484 e. The first kappa shape index (κ1) is 15.6. The number of rotatable bonds is 5. The Morgan fingerprint density at radius 2 is 1.91 bits per heavy atom. The van der Waals surface area contributed by atoms with Gasteiger partial charge in [0.25, 0.3) is 0 Å². The predicted molar refractivity (Wildman–Crippen MR) is 74.3 cm³/mol. The highest BCUT2D eigenvalue weighted by Crippen LogP contribution is 2.19. The van der Waals surface area contributed by atoms with Gasteiger partial charge in [0.2, 0.25) is 0 Å². The number of ether oxygens (including phenoxy) is 1. The molecule has 1 aromatic carbocycles. The molecule has 1 aromatic heterocycles. The first-order valence-corrected chi connectivity index (χ1v) is 6.35. The Morgan fingerprint density at radius 3 is 2.55 bits per heavy atom. The van der Waals surface area contributed by atoms with Gasteiger partial charge in [-0.25, -0.2) is 4.98 Å². The van der Waals surface area contributed by atoms with Crippen LogP contribution in [0.3, 0.4) is 0 Å². The Kier molecular flexibility index (Phi) is 4.84. The Morgan fingerprint density at radius 1 is 1.18 bits per heavy atom. The molecule has 0 unspecified atom stereocenters. The van der Waals surface area contributed by atoms with Crippen molar-refractivity contribution in [2.24, 2.45) is 0 Å². The lowest BCUT2D eigenvalue weighted by atomic mass is 10.2. The van der Waals surface area contributed by atoms with Crippen LogP contribution in [-0.2, 0) is 6.54 Å². The molecule has 0 aliphatic heterocycles. The standard InChI is InChI=1S/C15H12F3N3O/c16-15(17,18)10-22-13-5-3-11(4-6-13)9-21-14-12(8-19)2-1-7-20-14/h1-7H,9-10H2,(H,20,21). The molecule has 1 N–H and O–H groups in total. The fourth-order valence-electron chi connectivity index (χ4n) is 1.69. The number of nitrogens with zero attached hydrogens (tertiary/aromatic N) is 2. The Balaban J connectivity index is 1.93. The number of benzene rings is 1. The maximum Gasteiger partial charge on any atom is 0.422 e. The first-order chi connectivity index (χ1) is 10.5. The van der Waals surface area contributed by atoms with Gasteiger partial charge in [0, 0.05) is 12.7 Å². The molecule has 4 nitrogen and oxygen atoms in total. The van der Waals surface area contributed by atoms with Crippen LogP contribution in [0.15, 0.2) is 42.6 Å². The number of nitriles is 1. The van der Waals surface area contributed by atoms with Crippen molar-refractivity contribution in [3.8, 4) is 11.8 Å². The minimum absolute atomic E-state index is 0.150. The zero-order valence-corrected chi connectivity index (χ0v) is 11.4. The Hall–Kier alpha value is -2.75. The molecule has 0 spiro atoms. The monoisotopic (exact) mass is 307 g/mol. The summed E-state index contributed by atoms with van der Waals surface area (Å²) in [6, 6.07) is 11.5. The second-order valence-electron chi connectivity index (χ2n) is 4.41. The fourth-order valence-corrected chi connectivity index (χ4v) is 1.69. The zero-order chi connectivity index (χ0) is 16.0. The minimum atomic E-state index is -4.35. The van der Waals surface area contributed by atoms with Crippen LogP contribution in [0.25, 0.3) is 0 Å². The van der Waals surface area contributed by atoms with E-state index >= 15 is 0 Å². The highest BCUT2D eigenvalue weighted by Gasteiger charge is 2.28. The molecular weight excluding hydrogens is 295 g/mol. The molecule has 2 aromatic rings. The van der Waals surface area contributed by atoms with Crippen molar-refractivity contribution < 1.29 is 17.9 Å². The van der Waals surface area contributed by atoms with Crippen molar-refractivity contribution in [2.45, 2.75) is 12.7 Å². The lowest BCUT2D eigenvalue weighted by molar-refractivity contribution is -0.153. The molecule has 0 saturated carbocycles. The number of anilines is 1. The molecule has 2 rings (SSSR count). The second kappa shape index (κ2) is 6.80. The highest BCUT2D eigenvalue weighted by molar-refractivity contribution is 5.51. The van der Waals surface area contributed by atoms with E-state index in [0.29, 0.717) is 17.9 Å². The molecule has 0 atom stereocenters. The molecule has 0 amide bonds. The van der Waals surface area contributed by atoms with Gasteiger partial charge < -0.3 is 10.1 Å². The molecule has 0 bridgehead atoms. The molecule has 0 aliphatic rings. The van der Waals surface area contributed by atoms with Crippen LogP contribution in [0.2, 0.25) is 0 Å². The van der Waals surface area contributed by atoms with E-state index < -0.39 is 12.8 Å². The second-order valence-corrected chi connectivity index (χ2v) is 4.41. The van der Waals surface area contributed by atoms with E-state index in [0.717, 1.165) is 5.56 Å². The molecular formula is C15H12F3N3O. The maximum absolute atomic E-state index is 12.0. The molecule has 114 valence electrons. The van der Waals surface area contributed by atoms with Gasteiger partial charge in [-0.05, 0) is 29.8 Å². The number of hydrogen-bond acceptors (Lipinski definition) is 4. The van der Waals surface area contributed by atoms with E-state index in [2.05, 4.69) is 15.0 Å². The third kappa shape index (κ3) is 4.66. The maximum atomic E-state index is 12.0. The van der Waals surface area contributed by atoms with Crippen molar-refractivity contribution in [1.82, 2.24) is 4.98 Å². The van der Waals surface area contributed by atoms with Gasteiger partial charge >= 0.3 is 6.18 Å². The van der Waals surface area contributed by atoms with Crippen molar-refractivity contribution in [3.05, 3.63) is 53.7 Å². The quantitative estimate of drug-likeness (QED) is 0.918. The van der Waals surface area contributed by atoms with Crippen molar-refractivity contribution in [1.29, 1.82) is 5.26 Å². The van der Waals surface area contributed by atoms with Gasteiger partial charge in [-0.15, -0.1) is 0 Å². The van der Waals surface area contributed by atoms with Gasteiger partial charge in [0.1, 0.15) is 17.6 Å². The Labute approximate surface area is 125 Å². The first-order valence-electron chi connectivity index (χ1n) is 6.35. The van der Waals surface area contributed by atoms with Gasteiger partial charge in [-0.2, -0.15) is 18.4 Å². The number of nitrogens with one attached hydrogen (secondary N) is 1. The van der Waals surface area contributed by atoms with E-state index in [1.54, 1.807) is 30.5 Å². The fraction of sp³-hybridized carbons (Fsp3) is 0.200. The number of alkyl halides is 3. The van der Waals surface area contributed by atoms with Gasteiger partial charge in [-0.3, -0.25) is 0 Å². The molecule has 22 heavy (non-hydrogen) atoms. The zero-order valence-electron chi connectivity index (χ0n) is 11.4. The molecule has 0 radical (unpaired) electrons. The van der Waals surface area contributed by atoms with Crippen LogP contribution < -0.4 is 10.1 Å². The van der Waals surface area contributed by atoms with E-state index in [-0.39, 0.29) is 5.75 Å². The number of pyridine rings is 1. The summed E-state index contributed by atoms with van der Waals surface area (Å²) in [5, 5.41) is 11.9. The van der Waals surface area contributed by atoms with Crippen LogP contribution in [0, 0.1) is 11.3 Å². The van der Waals surface area contributed by atoms with Crippen LogP contribution >= 0.6 is 0 Å². The van der Waals surface area contributed by atoms with Crippen LogP contribution in [0.5, 0.6) is 5.75 Å². The van der Waals surface area contributed by atoms with Gasteiger partial charge in [0.05, 0.1) is 5.56 Å². The lowest BCUT2D eigenvalue weighted by Gasteiger charge is -2.10. The van der Waals surface area contributed by atoms with Crippen LogP contribution in [-0.4, -0.2) is 17.8 Å². The van der Waals surface area contributed by atoms with Crippen molar-refractivity contribution in [2.75, 3.05) is 11.9 Å². The third-order valence-corrected chi connectivity index (χ3v) is 2.71. The molecule has 7 heteroatoms. The van der Waals surface area contributed by atoms with E-state index in [9.17, 15) is 13.2 Å². The number of halogens is 3. The molecule has 0 saturated heterocycles. The summed E-state index contributed by atoms with van der Waals surface area (Å²) >= 11 is 0. The summed E-state index contributed by atoms with van der Waals surface area (Å²) in [7, 11) is 0. The summed E-state index contributed by atoms with van der Waals surface area (Å²) in [5.74, 6) is 0.610. The number of aromatic nitrogens is 1. The van der Waals surface area contributed by atoms with Crippen molar-refractivity contribution >= 4 is 5.82 Å².